The average molecular weight is 379 g/mol. The van der Waals surface area contributed by atoms with E-state index in [2.05, 4.69) is 26.0 Å². The Kier molecular flexibility index (Phi) is 3.59. The lowest BCUT2D eigenvalue weighted by Gasteiger charge is -2.53. The quantitative estimate of drug-likeness (QED) is 0.857. The fraction of sp³-hybridized carbons (Fsp3) is 0.591. The summed E-state index contributed by atoms with van der Waals surface area (Å²) < 4.78 is 4.67. The number of aromatic nitrogens is 2. The van der Waals surface area contributed by atoms with Crippen molar-refractivity contribution in [3.05, 3.63) is 39.9 Å². The van der Waals surface area contributed by atoms with E-state index in [-0.39, 0.29) is 17.9 Å². The minimum atomic E-state index is -0.544. The smallest absolute Gasteiger partial charge is 0.349 e. The van der Waals surface area contributed by atoms with Crippen LogP contribution in [-0.2, 0) is 11.2 Å². The molecule has 0 unspecified atom stereocenters. The van der Waals surface area contributed by atoms with Gasteiger partial charge in [0, 0.05) is 11.5 Å². The second-order valence-electron chi connectivity index (χ2n) is 9.37. The van der Waals surface area contributed by atoms with E-state index >= 15 is 0 Å². The number of carbonyl (C=O) groups excluding carboxylic acids is 1. The minimum Gasteiger partial charge on any atom is -0.349 e. The van der Waals surface area contributed by atoms with Gasteiger partial charge in [-0.05, 0) is 79.7 Å². The van der Waals surface area contributed by atoms with Crippen LogP contribution in [0.3, 0.4) is 0 Å². The fourth-order valence-electron chi connectivity index (χ4n) is 6.99. The summed E-state index contributed by atoms with van der Waals surface area (Å²) in [5, 5.41) is 7.23. The summed E-state index contributed by atoms with van der Waals surface area (Å²) in [6, 6.07) is 6.06. The van der Waals surface area contributed by atoms with Crippen LogP contribution in [0.25, 0.3) is 11.4 Å². The van der Waals surface area contributed by atoms with E-state index in [9.17, 15) is 9.59 Å². The fourth-order valence-corrected chi connectivity index (χ4v) is 6.99. The van der Waals surface area contributed by atoms with Crippen molar-refractivity contribution in [3.8, 4) is 11.4 Å². The van der Waals surface area contributed by atoms with Gasteiger partial charge in [0.2, 0.25) is 5.91 Å². The zero-order valence-corrected chi connectivity index (χ0v) is 15.8. The largest absolute Gasteiger partial charge is 0.439 e. The number of nitrogens with one attached hydrogen (secondary N) is 2. The Morgan fingerprint density at radius 2 is 1.86 bits per heavy atom. The van der Waals surface area contributed by atoms with Crippen LogP contribution in [-0.4, -0.2) is 16.0 Å². The lowest BCUT2D eigenvalue weighted by atomic mass is 9.51. The number of benzene rings is 1. The Bertz CT molecular complexity index is 963. The molecule has 4 bridgehead atoms. The van der Waals surface area contributed by atoms with Crippen LogP contribution in [0.15, 0.2) is 27.5 Å². The lowest BCUT2D eigenvalue weighted by molar-refractivity contribution is -0.138. The molecule has 5 aliphatic carbocycles. The van der Waals surface area contributed by atoms with Gasteiger partial charge in [-0.25, -0.2) is 4.79 Å². The molecule has 4 fully saturated rings. The third-order valence-corrected chi connectivity index (χ3v) is 7.81. The molecule has 7 rings (SSSR count). The van der Waals surface area contributed by atoms with E-state index in [4.69, 9.17) is 0 Å². The Hall–Kier alpha value is -2.37. The van der Waals surface area contributed by atoms with Gasteiger partial charge in [-0.1, -0.05) is 23.4 Å². The molecule has 2 N–H and O–H groups in total. The average Bonchev–Trinajstić information content (AvgIpc) is 3.27. The highest BCUT2D eigenvalue weighted by molar-refractivity contribution is 5.80. The molecule has 28 heavy (non-hydrogen) atoms. The van der Waals surface area contributed by atoms with Gasteiger partial charge in [0.1, 0.15) is 0 Å². The van der Waals surface area contributed by atoms with Crippen molar-refractivity contribution < 1.29 is 9.32 Å². The summed E-state index contributed by atoms with van der Waals surface area (Å²) in [7, 11) is 0. The lowest BCUT2D eigenvalue weighted by Crippen LogP contribution is -2.51. The van der Waals surface area contributed by atoms with Crippen molar-refractivity contribution in [3.63, 3.8) is 0 Å². The number of hydrogen-bond donors (Lipinski definition) is 2. The third kappa shape index (κ3) is 2.50. The molecule has 0 aliphatic heterocycles. The maximum Gasteiger partial charge on any atom is 0.439 e. The zero-order valence-electron chi connectivity index (χ0n) is 15.8. The normalized spacial score (nSPS) is 35.1. The Labute approximate surface area is 163 Å². The number of carbonyl (C=O) groups is 1. The zero-order chi connectivity index (χ0) is 18.8. The number of nitrogens with zero attached hydrogens (tertiary/aromatic N) is 1. The summed E-state index contributed by atoms with van der Waals surface area (Å²) in [4.78, 5) is 27.2. The maximum absolute atomic E-state index is 13.3. The van der Waals surface area contributed by atoms with E-state index in [1.165, 1.54) is 32.1 Å². The molecule has 1 atom stereocenters. The van der Waals surface area contributed by atoms with Crippen molar-refractivity contribution >= 4 is 5.91 Å². The van der Waals surface area contributed by atoms with Gasteiger partial charge in [-0.15, -0.1) is 0 Å². The monoisotopic (exact) mass is 379 g/mol. The molecule has 0 saturated heterocycles. The van der Waals surface area contributed by atoms with E-state index in [1.807, 2.05) is 12.1 Å². The maximum atomic E-state index is 13.3. The van der Waals surface area contributed by atoms with Gasteiger partial charge in [0.15, 0.2) is 5.82 Å². The molecule has 146 valence electrons. The summed E-state index contributed by atoms with van der Waals surface area (Å²) in [6.07, 6.45) is 8.21. The van der Waals surface area contributed by atoms with Crippen LogP contribution in [0.4, 0.5) is 0 Å². The molecule has 6 nitrogen and oxygen atoms in total. The van der Waals surface area contributed by atoms with E-state index in [1.54, 1.807) is 0 Å². The van der Waals surface area contributed by atoms with Crippen LogP contribution in [0, 0.1) is 29.6 Å². The SMILES string of the molecule is O=C(N[C@@H]1CCc2c(-c3noc(=O)[nH]3)cccc21)C1C2CC3CC(C2)CC1C3. The first-order valence-electron chi connectivity index (χ1n) is 10.6. The van der Waals surface area contributed by atoms with E-state index < -0.39 is 5.76 Å². The highest BCUT2D eigenvalue weighted by atomic mass is 16.5. The first kappa shape index (κ1) is 16.6. The first-order chi connectivity index (χ1) is 13.7. The van der Waals surface area contributed by atoms with Crippen LogP contribution in [0.2, 0.25) is 0 Å². The number of hydrogen-bond acceptors (Lipinski definition) is 4. The molecule has 1 amide bonds. The van der Waals surface area contributed by atoms with Crippen LogP contribution in [0.1, 0.15) is 55.7 Å². The topological polar surface area (TPSA) is 88.0 Å². The van der Waals surface area contributed by atoms with Gasteiger partial charge < -0.3 is 5.32 Å². The Morgan fingerprint density at radius 1 is 1.11 bits per heavy atom. The third-order valence-electron chi connectivity index (χ3n) is 7.81. The summed E-state index contributed by atoms with van der Waals surface area (Å²) >= 11 is 0. The Morgan fingerprint density at radius 3 is 2.54 bits per heavy atom. The second kappa shape index (κ2) is 6.06. The molecule has 1 aromatic heterocycles. The van der Waals surface area contributed by atoms with E-state index in [0.717, 1.165) is 41.4 Å². The van der Waals surface area contributed by atoms with Crippen LogP contribution < -0.4 is 11.1 Å². The van der Waals surface area contributed by atoms with Crippen molar-refractivity contribution in [1.82, 2.24) is 15.5 Å². The predicted molar refractivity (Wildman–Crippen MR) is 102 cm³/mol. The number of rotatable bonds is 3. The number of H-pyrrole nitrogens is 1. The molecule has 1 heterocycles. The molecule has 2 aromatic rings. The van der Waals surface area contributed by atoms with Gasteiger partial charge >= 0.3 is 5.76 Å². The van der Waals surface area contributed by atoms with Gasteiger partial charge in [0.05, 0.1) is 6.04 Å². The first-order valence-corrected chi connectivity index (χ1v) is 10.6. The van der Waals surface area contributed by atoms with Crippen molar-refractivity contribution in [2.45, 2.75) is 51.0 Å². The van der Waals surface area contributed by atoms with Crippen molar-refractivity contribution in [2.75, 3.05) is 0 Å². The molecular formula is C22H25N3O3. The van der Waals surface area contributed by atoms with Crippen molar-refractivity contribution in [2.24, 2.45) is 29.6 Å². The van der Waals surface area contributed by atoms with Crippen LogP contribution >= 0.6 is 0 Å². The summed E-state index contributed by atoms with van der Waals surface area (Å²) in [5.74, 6) is 3.37. The molecular weight excluding hydrogens is 354 g/mol. The van der Waals surface area contributed by atoms with Gasteiger partial charge in [-0.2, -0.15) is 0 Å². The highest BCUT2D eigenvalue weighted by Gasteiger charge is 2.51. The standard InChI is InChI=1S/C22H25N3O3/c26-21(19-13-7-11-6-12(9-13)10-14(19)8-11)23-18-5-4-15-16(18)2-1-3-17(15)20-24-22(27)28-25-20/h1-3,11-14,18-19H,4-10H2,(H,23,26)(H,24,25,27)/t11?,12?,13?,14?,18-,19?/m1/s1. The van der Waals surface area contributed by atoms with E-state index in [0.29, 0.717) is 17.7 Å². The number of amides is 1. The number of fused-ring (bicyclic) bond motifs is 1. The molecule has 5 aliphatic rings. The number of aromatic amines is 1. The molecule has 0 radical (unpaired) electrons. The van der Waals surface area contributed by atoms with Crippen LogP contribution in [0.5, 0.6) is 0 Å². The van der Waals surface area contributed by atoms with Crippen molar-refractivity contribution in [1.29, 1.82) is 0 Å². The molecule has 1 aromatic carbocycles. The highest BCUT2D eigenvalue weighted by Crippen LogP contribution is 2.56. The molecule has 6 heteroatoms. The summed E-state index contributed by atoms with van der Waals surface area (Å²) in [5.41, 5.74) is 3.20. The molecule has 0 spiro atoms. The second-order valence-corrected chi connectivity index (χ2v) is 9.37. The van der Waals surface area contributed by atoms with Gasteiger partial charge in [0.25, 0.3) is 0 Å². The molecule has 4 saturated carbocycles. The Balaban J connectivity index is 1.24. The van der Waals surface area contributed by atoms with Gasteiger partial charge in [-0.3, -0.25) is 14.3 Å². The minimum absolute atomic E-state index is 0.0539. The predicted octanol–water partition coefficient (Wildman–Crippen LogP) is 3.21. The summed E-state index contributed by atoms with van der Waals surface area (Å²) in [6.45, 7) is 0.